The van der Waals surface area contributed by atoms with Gasteiger partial charge in [0.2, 0.25) is 0 Å². The highest BCUT2D eigenvalue weighted by Crippen LogP contribution is 2.46. The van der Waals surface area contributed by atoms with Gasteiger partial charge < -0.3 is 18.8 Å². The van der Waals surface area contributed by atoms with E-state index in [0.29, 0.717) is 5.46 Å². The molecule has 4 heterocycles. The number of aromatic nitrogens is 2. The van der Waals surface area contributed by atoms with Crippen LogP contribution in [0.1, 0.15) is 0 Å². The van der Waals surface area contributed by atoms with Gasteiger partial charge in [-0.1, -0.05) is 218 Å². The van der Waals surface area contributed by atoms with E-state index in [-0.39, 0.29) is 0 Å². The van der Waals surface area contributed by atoms with Crippen LogP contribution in [0.2, 0.25) is 5.02 Å². The second-order valence-corrected chi connectivity index (χ2v) is 22.0. The lowest BCUT2D eigenvalue weighted by Crippen LogP contribution is -2.31. The Hall–Kier alpha value is -10.0. The molecule has 0 fully saturated rings. The summed E-state index contributed by atoms with van der Waals surface area (Å²) in [5.41, 5.74) is 15.0. The predicted molar refractivity (Wildman–Crippen MR) is 350 cm³/mol. The highest BCUT2D eigenvalue weighted by Gasteiger charge is 2.23. The van der Waals surface area contributed by atoms with Crippen LogP contribution in [0.4, 0.5) is 0 Å². The molecule has 18 aromatic rings. The smallest absolute Gasteiger partial charge is 0.423 e. The van der Waals surface area contributed by atoms with Crippen LogP contribution in [0.15, 0.2) is 279 Å². The monoisotopic (exact) mass is 1070 g/mol. The van der Waals surface area contributed by atoms with Crippen LogP contribution in [0, 0.1) is 0 Å². The Bertz CT molecular complexity index is 5270. The SMILES string of the molecule is Clc1cc2c3cc4ccccc4cc3n3c4cc5ccccc5cc4c(c1)c23.OB(O)c1ccccc1-c1ccccc1.c1ccc(-c2ccccc2-c2cc3c4cc5ccccc5cc4n4c5cc6ccccc6cc5c(c2)c34)cc1. The van der Waals surface area contributed by atoms with Gasteiger partial charge in [-0.05, 0) is 155 Å². The van der Waals surface area contributed by atoms with E-state index >= 15 is 0 Å². The molecular weight excluding hydrogens is 1020 g/mol. The fourth-order valence-corrected chi connectivity index (χ4v) is 13.4. The van der Waals surface area contributed by atoms with Crippen LogP contribution in [0.3, 0.4) is 0 Å². The Labute approximate surface area is 477 Å². The van der Waals surface area contributed by atoms with Crippen LogP contribution >= 0.6 is 11.6 Å². The van der Waals surface area contributed by atoms with Crippen molar-refractivity contribution in [2.24, 2.45) is 0 Å². The molecule has 6 heteroatoms. The summed E-state index contributed by atoms with van der Waals surface area (Å²) in [7, 11) is -1.43. The Kier molecular flexibility index (Phi) is 11.2. The maximum Gasteiger partial charge on any atom is 0.489 e. The van der Waals surface area contributed by atoms with E-state index in [2.05, 4.69) is 233 Å². The summed E-state index contributed by atoms with van der Waals surface area (Å²) < 4.78 is 4.92. The van der Waals surface area contributed by atoms with E-state index in [9.17, 15) is 10.0 Å². The summed E-state index contributed by atoms with van der Waals surface area (Å²) in [6.45, 7) is 0. The molecule has 0 bridgehead atoms. The third-order valence-electron chi connectivity index (χ3n) is 16.9. The third-order valence-corrected chi connectivity index (χ3v) is 17.1. The summed E-state index contributed by atoms with van der Waals surface area (Å²) in [4.78, 5) is 0. The van der Waals surface area contributed by atoms with E-state index in [1.54, 1.807) is 12.1 Å². The van der Waals surface area contributed by atoms with E-state index in [4.69, 9.17) is 11.6 Å². The zero-order valence-electron chi connectivity index (χ0n) is 44.3. The maximum absolute atomic E-state index is 9.22. The zero-order valence-corrected chi connectivity index (χ0v) is 45.1. The number of rotatable bonds is 4. The molecule has 0 atom stereocenters. The van der Waals surface area contributed by atoms with Crippen molar-refractivity contribution in [2.75, 3.05) is 0 Å². The van der Waals surface area contributed by atoms with E-state index < -0.39 is 7.12 Å². The molecule has 2 N–H and O–H groups in total. The maximum atomic E-state index is 9.22. The Morgan fingerprint density at radius 3 is 0.902 bits per heavy atom. The number of halogens is 1. The molecule has 4 nitrogen and oxygen atoms in total. The van der Waals surface area contributed by atoms with E-state index in [0.717, 1.165) is 16.1 Å². The number of hydrogen-bond donors (Lipinski definition) is 2. The standard InChI is InChI=1S/C38H23N.C26H14ClN.C12H11BO2/c1-2-10-24(11-3-1)30-16-8-9-17-31(30)29-20-34-32-18-25-12-4-6-14-27(25)22-36(32)39-37-23-28-15-7-5-13-26(28)19-33(37)35(21-29)38(34)39;27-19-13-22-20-9-15-5-1-3-7-17(15)11-24(20)28-25-12-18-8-4-2-6-16(18)10-21(25)23(14-19)26(22)28;14-13(15)12-9-5-4-8-11(12)10-6-2-1-3-7-10/h1-23H;1-14H;1-9,14-15H. The molecule has 0 saturated heterocycles. The average Bonchev–Trinajstić information content (AvgIpc) is 3.46. The molecule has 0 saturated carbocycles. The van der Waals surface area contributed by atoms with Gasteiger partial charge in [-0.3, -0.25) is 0 Å². The van der Waals surface area contributed by atoms with E-state index in [1.807, 2.05) is 42.5 Å². The summed E-state index contributed by atoms with van der Waals surface area (Å²) in [6.07, 6.45) is 0. The van der Waals surface area contributed by atoms with Crippen LogP contribution in [0.25, 0.3) is 153 Å². The number of nitrogens with zero attached hydrogens (tertiary/aromatic N) is 2. The van der Waals surface area contributed by atoms with Crippen molar-refractivity contribution in [1.29, 1.82) is 0 Å². The second-order valence-electron chi connectivity index (χ2n) is 21.5. The molecule has 4 aromatic heterocycles. The van der Waals surface area contributed by atoms with Gasteiger partial charge in [0.1, 0.15) is 0 Å². The lowest BCUT2D eigenvalue weighted by Gasteiger charge is -2.11. The number of hydrogen-bond acceptors (Lipinski definition) is 2. The molecule has 18 rings (SSSR count). The van der Waals surface area contributed by atoms with Crippen molar-refractivity contribution in [3.63, 3.8) is 0 Å². The fraction of sp³-hybridized carbons (Fsp3) is 0. The lowest BCUT2D eigenvalue weighted by molar-refractivity contribution is 0.426. The van der Waals surface area contributed by atoms with Gasteiger partial charge in [-0.25, -0.2) is 0 Å². The first-order chi connectivity index (χ1) is 40.4. The van der Waals surface area contributed by atoms with Gasteiger partial charge >= 0.3 is 7.12 Å². The Morgan fingerprint density at radius 2 is 0.537 bits per heavy atom. The minimum Gasteiger partial charge on any atom is -0.423 e. The lowest BCUT2D eigenvalue weighted by atomic mass is 9.75. The first-order valence-electron chi connectivity index (χ1n) is 27.8. The van der Waals surface area contributed by atoms with Crippen molar-refractivity contribution in [3.8, 4) is 33.4 Å². The first kappa shape index (κ1) is 47.9. The van der Waals surface area contributed by atoms with Crippen molar-refractivity contribution < 1.29 is 10.0 Å². The highest BCUT2D eigenvalue weighted by atomic mass is 35.5. The first-order valence-corrected chi connectivity index (χ1v) is 28.2. The highest BCUT2D eigenvalue weighted by molar-refractivity contribution is 6.60. The molecular formula is C76H48BClN2O2. The third kappa shape index (κ3) is 7.70. The summed E-state index contributed by atoms with van der Waals surface area (Å²) in [6, 6.07) is 98.8. The van der Waals surface area contributed by atoms with Crippen molar-refractivity contribution in [3.05, 3.63) is 284 Å². The molecule has 82 heavy (non-hydrogen) atoms. The topological polar surface area (TPSA) is 49.3 Å². The van der Waals surface area contributed by atoms with Gasteiger partial charge in [0.05, 0.1) is 33.1 Å². The van der Waals surface area contributed by atoms with Gasteiger partial charge in [-0.2, -0.15) is 0 Å². The largest absolute Gasteiger partial charge is 0.489 e. The molecule has 0 unspecified atom stereocenters. The quantitative estimate of drug-likeness (QED) is 0.173. The van der Waals surface area contributed by atoms with Gasteiger partial charge in [0, 0.05) is 48.1 Å². The molecule has 0 aliphatic carbocycles. The molecule has 0 amide bonds. The fourth-order valence-electron chi connectivity index (χ4n) is 13.2. The minimum atomic E-state index is -1.43. The summed E-state index contributed by atoms with van der Waals surface area (Å²) >= 11 is 6.58. The summed E-state index contributed by atoms with van der Waals surface area (Å²) in [5.74, 6) is 0. The molecule has 0 aliphatic heterocycles. The average molecular weight is 1070 g/mol. The normalized spacial score (nSPS) is 11.8. The van der Waals surface area contributed by atoms with Crippen LogP contribution in [-0.2, 0) is 0 Å². The number of benzene rings is 14. The van der Waals surface area contributed by atoms with Crippen molar-refractivity contribution in [2.45, 2.75) is 0 Å². The molecule has 14 aromatic carbocycles. The van der Waals surface area contributed by atoms with Crippen LogP contribution in [-0.4, -0.2) is 26.0 Å². The molecule has 0 radical (unpaired) electrons. The van der Waals surface area contributed by atoms with Gasteiger partial charge in [0.25, 0.3) is 0 Å². The Morgan fingerprint density at radius 1 is 0.256 bits per heavy atom. The van der Waals surface area contributed by atoms with Crippen LogP contribution in [0.5, 0.6) is 0 Å². The number of fused-ring (bicyclic) bond motifs is 16. The van der Waals surface area contributed by atoms with Crippen molar-refractivity contribution >= 4 is 143 Å². The minimum absolute atomic E-state index is 0.531. The van der Waals surface area contributed by atoms with Gasteiger partial charge in [0.15, 0.2) is 0 Å². The van der Waals surface area contributed by atoms with E-state index in [1.165, 1.54) is 142 Å². The van der Waals surface area contributed by atoms with Crippen molar-refractivity contribution in [1.82, 2.24) is 8.80 Å². The zero-order chi connectivity index (χ0) is 54.6. The Balaban J connectivity index is 0.000000112. The molecule has 384 valence electrons. The summed E-state index contributed by atoms with van der Waals surface area (Å²) in [5, 5.41) is 39.6. The van der Waals surface area contributed by atoms with Crippen LogP contribution < -0.4 is 5.46 Å². The van der Waals surface area contributed by atoms with Gasteiger partial charge in [-0.15, -0.1) is 0 Å². The molecule has 0 spiro atoms. The second kappa shape index (κ2) is 19.1. The molecule has 0 aliphatic rings. The predicted octanol–water partition coefficient (Wildman–Crippen LogP) is 19.3.